The lowest BCUT2D eigenvalue weighted by molar-refractivity contribution is 0.355. The molecule has 0 aliphatic heterocycles. The number of hydrogen-bond donors (Lipinski definition) is 0. The van der Waals surface area contributed by atoms with Crippen molar-refractivity contribution in [3.63, 3.8) is 0 Å². The zero-order valence-corrected chi connectivity index (χ0v) is 11.7. The molecule has 0 fully saturated rings. The quantitative estimate of drug-likeness (QED) is 0.617. The van der Waals surface area contributed by atoms with Crippen LogP contribution in [-0.2, 0) is 0 Å². The van der Waals surface area contributed by atoms with E-state index in [9.17, 15) is 0 Å². The van der Waals surface area contributed by atoms with Crippen molar-refractivity contribution >= 4 is 18.0 Å². The van der Waals surface area contributed by atoms with Gasteiger partial charge in [0.1, 0.15) is 6.33 Å². The van der Waals surface area contributed by atoms with Gasteiger partial charge in [-0.05, 0) is 30.0 Å². The smallest absolute Gasteiger partial charge is 0.211 e. The monoisotopic (exact) mass is 278 g/mol. The second-order valence-electron chi connectivity index (χ2n) is 3.52. The van der Waals surface area contributed by atoms with Crippen LogP contribution in [0.15, 0.2) is 34.8 Å². The maximum Gasteiger partial charge on any atom is 0.211 e. The number of methoxy groups -OCH3 is 2. The third-order valence-corrected chi connectivity index (χ3v) is 3.06. The highest BCUT2D eigenvalue weighted by Crippen LogP contribution is 2.26. The van der Waals surface area contributed by atoms with Gasteiger partial charge in [0.2, 0.25) is 5.16 Å². The minimum absolute atomic E-state index is 0.667. The first-order chi connectivity index (χ1) is 9.28. The highest BCUT2D eigenvalue weighted by Gasteiger charge is 2.03. The summed E-state index contributed by atoms with van der Waals surface area (Å²) in [5, 5.41) is 12.7. The fourth-order valence-electron chi connectivity index (χ4n) is 1.49. The first-order valence-electron chi connectivity index (χ1n) is 5.49. The van der Waals surface area contributed by atoms with Crippen LogP contribution in [0.1, 0.15) is 5.56 Å². The molecule has 0 saturated heterocycles. The predicted molar refractivity (Wildman–Crippen MR) is 74.3 cm³/mol. The molecule has 2 aromatic rings. The van der Waals surface area contributed by atoms with Crippen LogP contribution < -0.4 is 9.47 Å². The van der Waals surface area contributed by atoms with Crippen molar-refractivity contribution in [2.45, 2.75) is 5.16 Å². The molecule has 1 aromatic carbocycles. The van der Waals surface area contributed by atoms with Crippen molar-refractivity contribution in [1.82, 2.24) is 14.9 Å². The summed E-state index contributed by atoms with van der Waals surface area (Å²) in [6.07, 6.45) is 5.20. The van der Waals surface area contributed by atoms with Gasteiger partial charge in [-0.25, -0.2) is 0 Å². The Morgan fingerprint density at radius 1 is 1.26 bits per heavy atom. The molecule has 0 unspecified atom stereocenters. The van der Waals surface area contributed by atoms with E-state index < -0.39 is 0 Å². The van der Waals surface area contributed by atoms with Crippen molar-refractivity contribution in [1.29, 1.82) is 0 Å². The van der Waals surface area contributed by atoms with Gasteiger partial charge in [-0.15, -0.1) is 10.2 Å². The number of thioether (sulfide) groups is 1. The van der Waals surface area contributed by atoms with E-state index in [1.165, 1.54) is 11.8 Å². The molecule has 0 bridgehead atoms. The van der Waals surface area contributed by atoms with E-state index in [1.54, 1.807) is 31.4 Å². The summed E-state index contributed by atoms with van der Waals surface area (Å²) in [7, 11) is 3.21. The van der Waals surface area contributed by atoms with E-state index in [0.29, 0.717) is 11.5 Å². The second-order valence-corrected chi connectivity index (χ2v) is 4.29. The number of hydrogen-bond acceptors (Lipinski definition) is 6. The lowest BCUT2D eigenvalue weighted by Crippen LogP contribution is -1.94. The predicted octanol–water partition coefficient (Wildman–Crippen LogP) is 1.90. The molecule has 1 heterocycles. The zero-order valence-electron chi connectivity index (χ0n) is 10.9. The Bertz CT molecular complexity index is 583. The number of nitrogens with zero attached hydrogens (tertiary/aromatic N) is 4. The third kappa shape index (κ3) is 3.05. The molecule has 2 rings (SSSR count). The molecular formula is C12H14N4O2S. The van der Waals surface area contributed by atoms with Crippen LogP contribution in [0.25, 0.3) is 0 Å². The van der Waals surface area contributed by atoms with E-state index in [0.717, 1.165) is 10.7 Å². The molecule has 1 aromatic heterocycles. The molecule has 0 saturated carbocycles. The summed E-state index contributed by atoms with van der Waals surface area (Å²) >= 11 is 1.48. The van der Waals surface area contributed by atoms with E-state index in [4.69, 9.17) is 9.47 Å². The van der Waals surface area contributed by atoms with Crippen LogP contribution in [0.5, 0.6) is 11.5 Å². The molecule has 19 heavy (non-hydrogen) atoms. The van der Waals surface area contributed by atoms with Gasteiger partial charge in [-0.3, -0.25) is 0 Å². The highest BCUT2D eigenvalue weighted by molar-refractivity contribution is 7.98. The minimum Gasteiger partial charge on any atom is -0.493 e. The Balaban J connectivity index is 2.24. The largest absolute Gasteiger partial charge is 0.493 e. The number of benzene rings is 1. The van der Waals surface area contributed by atoms with Gasteiger partial charge in [-0.1, -0.05) is 11.8 Å². The van der Waals surface area contributed by atoms with Crippen LogP contribution in [0.2, 0.25) is 0 Å². The summed E-state index contributed by atoms with van der Waals surface area (Å²) in [5.41, 5.74) is 0.901. The zero-order chi connectivity index (χ0) is 13.7. The molecule has 0 N–H and O–H groups in total. The Hall–Kier alpha value is -2.02. The fraction of sp³-hybridized carbons (Fsp3) is 0.250. The van der Waals surface area contributed by atoms with Gasteiger partial charge in [0.05, 0.1) is 20.4 Å². The van der Waals surface area contributed by atoms with E-state index >= 15 is 0 Å². The van der Waals surface area contributed by atoms with Crippen LogP contribution in [0.4, 0.5) is 0 Å². The van der Waals surface area contributed by atoms with E-state index in [2.05, 4.69) is 15.3 Å². The summed E-state index contributed by atoms with van der Waals surface area (Å²) in [4.78, 5) is 0. The standard InChI is InChI=1S/C12H14N4O2S/c1-17-10-5-4-9(6-11(10)18-2)7-14-16-8-13-15-12(16)19-3/h4-8H,1-3H3/b14-7+. The van der Waals surface area contributed by atoms with Crippen molar-refractivity contribution in [3.05, 3.63) is 30.1 Å². The lowest BCUT2D eigenvalue weighted by Gasteiger charge is -2.07. The molecule has 0 spiro atoms. The van der Waals surface area contributed by atoms with Gasteiger partial charge in [0.15, 0.2) is 11.5 Å². The number of ether oxygens (including phenoxy) is 2. The highest BCUT2D eigenvalue weighted by atomic mass is 32.2. The molecule has 0 aliphatic carbocycles. The molecule has 7 heteroatoms. The maximum atomic E-state index is 5.24. The summed E-state index contributed by atoms with van der Waals surface area (Å²) in [5.74, 6) is 1.36. The first-order valence-corrected chi connectivity index (χ1v) is 6.71. The molecule has 100 valence electrons. The normalized spacial score (nSPS) is 10.9. The molecular weight excluding hydrogens is 264 g/mol. The number of aromatic nitrogens is 3. The van der Waals surface area contributed by atoms with E-state index in [1.807, 2.05) is 24.5 Å². The van der Waals surface area contributed by atoms with Crippen LogP contribution >= 0.6 is 11.8 Å². The van der Waals surface area contributed by atoms with Crippen molar-refractivity contribution in [2.75, 3.05) is 20.5 Å². The molecule has 0 aliphatic rings. The second kappa shape index (κ2) is 6.24. The first kappa shape index (κ1) is 13.4. The number of rotatable bonds is 5. The average molecular weight is 278 g/mol. The fourth-order valence-corrected chi connectivity index (χ4v) is 1.91. The Morgan fingerprint density at radius 3 is 2.74 bits per heavy atom. The van der Waals surface area contributed by atoms with Crippen molar-refractivity contribution in [2.24, 2.45) is 5.10 Å². The Kier molecular flexibility index (Phi) is 4.40. The Labute approximate surface area is 115 Å². The maximum absolute atomic E-state index is 5.24. The lowest BCUT2D eigenvalue weighted by atomic mass is 10.2. The van der Waals surface area contributed by atoms with Gasteiger partial charge in [-0.2, -0.15) is 9.78 Å². The van der Waals surface area contributed by atoms with Crippen LogP contribution in [-0.4, -0.2) is 41.6 Å². The molecule has 6 nitrogen and oxygen atoms in total. The topological polar surface area (TPSA) is 61.5 Å². The van der Waals surface area contributed by atoms with Gasteiger partial charge in [0.25, 0.3) is 0 Å². The van der Waals surface area contributed by atoms with Gasteiger partial charge < -0.3 is 9.47 Å². The summed E-state index contributed by atoms with van der Waals surface area (Å²) in [6, 6.07) is 5.58. The molecule has 0 atom stereocenters. The van der Waals surface area contributed by atoms with E-state index in [-0.39, 0.29) is 0 Å². The summed E-state index contributed by atoms with van der Waals surface area (Å²) in [6.45, 7) is 0. The van der Waals surface area contributed by atoms with Gasteiger partial charge >= 0.3 is 0 Å². The average Bonchev–Trinajstić information content (AvgIpc) is 2.92. The minimum atomic E-state index is 0.667. The molecule has 0 radical (unpaired) electrons. The summed E-state index contributed by atoms with van der Waals surface area (Å²) < 4.78 is 12.0. The Morgan fingerprint density at radius 2 is 2.05 bits per heavy atom. The SMILES string of the molecule is COc1ccc(/C=N/n2cnnc2SC)cc1OC. The van der Waals surface area contributed by atoms with Crippen molar-refractivity contribution in [3.8, 4) is 11.5 Å². The van der Waals surface area contributed by atoms with Crippen molar-refractivity contribution < 1.29 is 9.47 Å². The van der Waals surface area contributed by atoms with Gasteiger partial charge in [0, 0.05) is 0 Å². The van der Waals surface area contributed by atoms with Crippen LogP contribution in [0, 0.1) is 0 Å². The van der Waals surface area contributed by atoms with Crippen LogP contribution in [0.3, 0.4) is 0 Å². The third-order valence-electron chi connectivity index (χ3n) is 2.42. The molecule has 0 amide bonds.